The van der Waals surface area contributed by atoms with Gasteiger partial charge in [0.15, 0.2) is 0 Å². The fourth-order valence-corrected chi connectivity index (χ4v) is 4.04. The van der Waals surface area contributed by atoms with Crippen LogP contribution in [0, 0.1) is 17.8 Å². The normalized spacial score (nSPS) is 42.7. The van der Waals surface area contributed by atoms with E-state index >= 15 is 0 Å². The second-order valence-electron chi connectivity index (χ2n) is 5.70. The first-order valence-electron chi connectivity index (χ1n) is 6.53. The summed E-state index contributed by atoms with van der Waals surface area (Å²) in [6, 6.07) is 0. The zero-order valence-electron chi connectivity index (χ0n) is 9.83. The van der Waals surface area contributed by atoms with Crippen LogP contribution in [0.25, 0.3) is 0 Å². The summed E-state index contributed by atoms with van der Waals surface area (Å²) >= 11 is 0. The molecule has 4 heteroatoms. The Morgan fingerprint density at radius 2 is 1.94 bits per heavy atom. The summed E-state index contributed by atoms with van der Waals surface area (Å²) < 4.78 is 6.09. The Labute approximate surface area is 101 Å². The van der Waals surface area contributed by atoms with Crippen LogP contribution in [0.5, 0.6) is 5.88 Å². The SMILES string of the molecule is c1cnc(OC2C3CC4CC2CN(C4)C3)cn1. The summed E-state index contributed by atoms with van der Waals surface area (Å²) in [4.78, 5) is 10.9. The van der Waals surface area contributed by atoms with Crippen molar-refractivity contribution in [3.63, 3.8) is 0 Å². The molecule has 1 aromatic heterocycles. The molecule has 4 bridgehead atoms. The molecule has 2 atom stereocenters. The van der Waals surface area contributed by atoms with E-state index in [2.05, 4.69) is 14.9 Å². The number of piperidine rings is 3. The highest BCUT2D eigenvalue weighted by Gasteiger charge is 2.48. The number of hydrogen-bond acceptors (Lipinski definition) is 4. The zero-order chi connectivity index (χ0) is 11.2. The minimum absolute atomic E-state index is 0.375. The van der Waals surface area contributed by atoms with Gasteiger partial charge < -0.3 is 9.64 Å². The first-order valence-corrected chi connectivity index (χ1v) is 6.53. The summed E-state index contributed by atoms with van der Waals surface area (Å²) in [7, 11) is 0. The Hall–Kier alpha value is -1.16. The third kappa shape index (κ3) is 1.62. The molecule has 4 nitrogen and oxygen atoms in total. The number of nitrogens with zero attached hydrogens (tertiary/aromatic N) is 3. The summed E-state index contributed by atoms with van der Waals surface area (Å²) in [5, 5.41) is 0. The molecule has 5 rings (SSSR count). The lowest BCUT2D eigenvalue weighted by molar-refractivity contribution is -0.0998. The van der Waals surface area contributed by atoms with Crippen LogP contribution >= 0.6 is 0 Å². The maximum Gasteiger partial charge on any atom is 0.232 e. The van der Waals surface area contributed by atoms with Crippen molar-refractivity contribution in [1.29, 1.82) is 0 Å². The van der Waals surface area contributed by atoms with Crippen LogP contribution < -0.4 is 4.74 Å². The molecule has 17 heavy (non-hydrogen) atoms. The van der Waals surface area contributed by atoms with Crippen LogP contribution in [-0.2, 0) is 0 Å². The second kappa shape index (κ2) is 3.67. The monoisotopic (exact) mass is 231 g/mol. The Morgan fingerprint density at radius 3 is 2.59 bits per heavy atom. The predicted molar refractivity (Wildman–Crippen MR) is 62.6 cm³/mol. The van der Waals surface area contributed by atoms with Gasteiger partial charge in [0.2, 0.25) is 5.88 Å². The van der Waals surface area contributed by atoms with Crippen LogP contribution in [0.15, 0.2) is 18.6 Å². The van der Waals surface area contributed by atoms with Crippen molar-refractivity contribution in [2.24, 2.45) is 17.8 Å². The van der Waals surface area contributed by atoms with Crippen molar-refractivity contribution < 1.29 is 4.74 Å². The average Bonchev–Trinajstić information content (AvgIpc) is 2.34. The number of rotatable bonds is 2. The number of ether oxygens (including phenoxy) is 1. The highest BCUT2D eigenvalue weighted by Crippen LogP contribution is 2.44. The van der Waals surface area contributed by atoms with Gasteiger partial charge in [-0.2, -0.15) is 0 Å². The van der Waals surface area contributed by atoms with Gasteiger partial charge in [0.25, 0.3) is 0 Å². The zero-order valence-corrected chi connectivity index (χ0v) is 9.83. The van der Waals surface area contributed by atoms with Gasteiger partial charge in [-0.1, -0.05) is 0 Å². The molecule has 0 radical (unpaired) electrons. The van der Waals surface area contributed by atoms with Gasteiger partial charge >= 0.3 is 0 Å². The van der Waals surface area contributed by atoms with Crippen molar-refractivity contribution >= 4 is 0 Å². The third-order valence-electron chi connectivity index (χ3n) is 4.50. The lowest BCUT2D eigenvalue weighted by atomic mass is 9.66. The summed E-state index contributed by atoms with van der Waals surface area (Å²) in [5.74, 6) is 3.04. The maximum absolute atomic E-state index is 6.09. The van der Waals surface area contributed by atoms with Gasteiger partial charge in [-0.3, -0.25) is 4.98 Å². The molecule has 0 amide bonds. The lowest BCUT2D eigenvalue weighted by Crippen LogP contribution is -2.61. The van der Waals surface area contributed by atoms with Gasteiger partial charge in [-0.05, 0) is 18.8 Å². The molecule has 2 unspecified atom stereocenters. The first-order chi connectivity index (χ1) is 8.38. The fourth-order valence-electron chi connectivity index (χ4n) is 4.04. The van der Waals surface area contributed by atoms with E-state index in [-0.39, 0.29) is 0 Å². The molecule has 90 valence electrons. The van der Waals surface area contributed by atoms with Crippen LogP contribution in [0.2, 0.25) is 0 Å². The highest BCUT2D eigenvalue weighted by atomic mass is 16.5. The molecule has 0 spiro atoms. The molecule has 4 heterocycles. The summed E-state index contributed by atoms with van der Waals surface area (Å²) in [5.41, 5.74) is 0. The second-order valence-corrected chi connectivity index (χ2v) is 5.70. The molecular weight excluding hydrogens is 214 g/mol. The van der Waals surface area contributed by atoms with Crippen molar-refractivity contribution in [3.8, 4) is 5.88 Å². The van der Waals surface area contributed by atoms with E-state index in [1.807, 2.05) is 0 Å². The van der Waals surface area contributed by atoms with Gasteiger partial charge in [0.05, 0.1) is 6.20 Å². The third-order valence-corrected chi connectivity index (χ3v) is 4.50. The molecule has 1 saturated carbocycles. The van der Waals surface area contributed by atoms with Crippen LogP contribution in [0.4, 0.5) is 0 Å². The van der Waals surface area contributed by atoms with Gasteiger partial charge in [-0.15, -0.1) is 0 Å². The van der Waals surface area contributed by atoms with E-state index in [0.29, 0.717) is 23.8 Å². The quantitative estimate of drug-likeness (QED) is 0.766. The van der Waals surface area contributed by atoms with Crippen LogP contribution in [0.1, 0.15) is 12.8 Å². The van der Waals surface area contributed by atoms with E-state index in [1.54, 1.807) is 18.6 Å². The van der Waals surface area contributed by atoms with Crippen molar-refractivity contribution in [1.82, 2.24) is 14.9 Å². The Bertz CT molecular complexity index is 380. The van der Waals surface area contributed by atoms with Gasteiger partial charge in [-0.25, -0.2) is 4.98 Å². The van der Waals surface area contributed by atoms with Crippen LogP contribution in [-0.4, -0.2) is 40.6 Å². The lowest BCUT2D eigenvalue weighted by Gasteiger charge is -2.55. The molecule has 4 aliphatic rings. The van der Waals surface area contributed by atoms with Crippen molar-refractivity contribution in [2.45, 2.75) is 18.9 Å². The Kier molecular flexibility index (Phi) is 2.12. The molecule has 0 N–H and O–H groups in total. The maximum atomic E-state index is 6.09. The standard InChI is InChI=1S/C13H17N3O/c1-2-15-12(5-14-1)17-13-10-3-9-4-11(13)8-16(6-9)7-10/h1-2,5,9-11,13H,3-4,6-8H2. The smallest absolute Gasteiger partial charge is 0.232 e. The van der Waals surface area contributed by atoms with E-state index in [9.17, 15) is 0 Å². The molecular formula is C13H17N3O. The van der Waals surface area contributed by atoms with E-state index in [1.165, 1.54) is 32.5 Å². The molecule has 1 aromatic rings. The summed E-state index contributed by atoms with van der Waals surface area (Å²) in [6.07, 6.45) is 8.19. The van der Waals surface area contributed by atoms with Gasteiger partial charge in [0.1, 0.15) is 6.10 Å². The minimum Gasteiger partial charge on any atom is -0.473 e. The highest BCUT2D eigenvalue weighted by molar-refractivity contribution is 5.07. The van der Waals surface area contributed by atoms with E-state index in [4.69, 9.17) is 4.74 Å². The molecule has 1 aliphatic carbocycles. The predicted octanol–water partition coefficient (Wildman–Crippen LogP) is 1.20. The molecule has 3 saturated heterocycles. The van der Waals surface area contributed by atoms with E-state index < -0.39 is 0 Å². The first kappa shape index (κ1) is 9.83. The average molecular weight is 231 g/mol. The largest absolute Gasteiger partial charge is 0.473 e. The topological polar surface area (TPSA) is 38.2 Å². The van der Waals surface area contributed by atoms with E-state index in [0.717, 1.165) is 5.92 Å². The van der Waals surface area contributed by atoms with Crippen molar-refractivity contribution in [3.05, 3.63) is 18.6 Å². The number of hydrogen-bond donors (Lipinski definition) is 0. The fraction of sp³-hybridized carbons (Fsp3) is 0.692. The van der Waals surface area contributed by atoms with Crippen molar-refractivity contribution in [2.75, 3.05) is 19.6 Å². The Balaban J connectivity index is 1.55. The molecule has 4 fully saturated rings. The minimum atomic E-state index is 0.375. The molecule has 3 aliphatic heterocycles. The van der Waals surface area contributed by atoms with Crippen LogP contribution in [0.3, 0.4) is 0 Å². The molecule has 0 aromatic carbocycles. The summed E-state index contributed by atoms with van der Waals surface area (Å²) in [6.45, 7) is 3.76. The number of aromatic nitrogens is 2. The Morgan fingerprint density at radius 1 is 1.12 bits per heavy atom. The van der Waals surface area contributed by atoms with Gasteiger partial charge in [0, 0.05) is 43.9 Å².